The van der Waals surface area contributed by atoms with E-state index >= 15 is 0 Å². The van der Waals surface area contributed by atoms with Gasteiger partial charge in [-0.3, -0.25) is 0 Å². The summed E-state index contributed by atoms with van der Waals surface area (Å²) in [6, 6.07) is 10.6. The van der Waals surface area contributed by atoms with E-state index < -0.39 is 11.6 Å². The number of halogens is 2. The molecule has 0 amide bonds. The van der Waals surface area contributed by atoms with Crippen LogP contribution in [0.5, 0.6) is 5.75 Å². The van der Waals surface area contributed by atoms with Crippen LogP contribution in [0.25, 0.3) is 0 Å². The van der Waals surface area contributed by atoms with Crippen LogP contribution in [0.1, 0.15) is 24.1 Å². The summed E-state index contributed by atoms with van der Waals surface area (Å²) in [4.78, 5) is 0. The fourth-order valence-corrected chi connectivity index (χ4v) is 1.89. The van der Waals surface area contributed by atoms with Gasteiger partial charge >= 0.3 is 0 Å². The molecule has 0 spiro atoms. The third kappa shape index (κ3) is 3.78. The van der Waals surface area contributed by atoms with Crippen molar-refractivity contribution in [2.24, 2.45) is 5.73 Å². The Balaban J connectivity index is 1.98. The largest absolute Gasteiger partial charge is 0.491 e. The van der Waals surface area contributed by atoms with Gasteiger partial charge in [0.15, 0.2) is 0 Å². The second-order valence-electron chi connectivity index (χ2n) is 4.62. The highest BCUT2D eigenvalue weighted by molar-refractivity contribution is 5.26. The molecule has 4 heteroatoms. The van der Waals surface area contributed by atoms with Crippen LogP contribution in [0.2, 0.25) is 0 Å². The SMILES string of the molecule is CCc1ccc(C(N)COc2cc(F)cc(F)c2)cc1. The first-order valence-corrected chi connectivity index (χ1v) is 6.52. The van der Waals surface area contributed by atoms with Crippen LogP contribution in [0.3, 0.4) is 0 Å². The van der Waals surface area contributed by atoms with Gasteiger partial charge in [0, 0.05) is 18.2 Å². The Morgan fingerprint density at radius 1 is 1.05 bits per heavy atom. The summed E-state index contributed by atoms with van der Waals surface area (Å²) >= 11 is 0. The molecule has 2 aromatic rings. The number of hydrogen-bond acceptors (Lipinski definition) is 2. The lowest BCUT2D eigenvalue weighted by Crippen LogP contribution is -2.19. The van der Waals surface area contributed by atoms with Crippen LogP contribution < -0.4 is 10.5 Å². The van der Waals surface area contributed by atoms with Gasteiger partial charge in [0.1, 0.15) is 24.0 Å². The summed E-state index contributed by atoms with van der Waals surface area (Å²) in [5.74, 6) is -1.19. The summed E-state index contributed by atoms with van der Waals surface area (Å²) < 4.78 is 31.4. The van der Waals surface area contributed by atoms with Crippen molar-refractivity contribution in [3.05, 3.63) is 65.2 Å². The highest BCUT2D eigenvalue weighted by Gasteiger charge is 2.08. The fraction of sp³-hybridized carbons (Fsp3) is 0.250. The van der Waals surface area contributed by atoms with E-state index in [1.54, 1.807) is 0 Å². The molecule has 2 aromatic carbocycles. The van der Waals surface area contributed by atoms with Gasteiger partial charge in [-0.25, -0.2) is 8.78 Å². The van der Waals surface area contributed by atoms with Crippen molar-refractivity contribution in [1.82, 2.24) is 0 Å². The lowest BCUT2D eigenvalue weighted by molar-refractivity contribution is 0.288. The van der Waals surface area contributed by atoms with E-state index in [0.717, 1.165) is 30.2 Å². The first-order valence-electron chi connectivity index (χ1n) is 6.52. The summed E-state index contributed by atoms with van der Waals surface area (Å²) in [7, 11) is 0. The molecule has 0 fully saturated rings. The Labute approximate surface area is 117 Å². The van der Waals surface area contributed by atoms with Crippen molar-refractivity contribution in [2.45, 2.75) is 19.4 Å². The smallest absolute Gasteiger partial charge is 0.129 e. The average molecular weight is 277 g/mol. The summed E-state index contributed by atoms with van der Waals surface area (Å²) in [5, 5.41) is 0. The monoisotopic (exact) mass is 277 g/mol. The maximum atomic E-state index is 13.0. The molecule has 0 saturated heterocycles. The van der Waals surface area contributed by atoms with Crippen LogP contribution in [-0.2, 0) is 6.42 Å². The van der Waals surface area contributed by atoms with Crippen molar-refractivity contribution < 1.29 is 13.5 Å². The first-order chi connectivity index (χ1) is 9.58. The Kier molecular flexibility index (Phi) is 4.69. The molecule has 106 valence electrons. The minimum atomic E-state index is -0.666. The minimum Gasteiger partial charge on any atom is -0.491 e. The molecule has 0 saturated carbocycles. The second-order valence-corrected chi connectivity index (χ2v) is 4.62. The Morgan fingerprint density at radius 3 is 2.20 bits per heavy atom. The summed E-state index contributed by atoms with van der Waals surface area (Å²) in [5.41, 5.74) is 8.16. The molecule has 0 heterocycles. The van der Waals surface area contributed by atoms with E-state index in [4.69, 9.17) is 10.5 Å². The number of ether oxygens (including phenoxy) is 1. The minimum absolute atomic E-state index is 0.142. The topological polar surface area (TPSA) is 35.2 Å². The van der Waals surface area contributed by atoms with Crippen LogP contribution in [0.4, 0.5) is 8.78 Å². The maximum absolute atomic E-state index is 13.0. The molecule has 0 aliphatic heterocycles. The Morgan fingerprint density at radius 2 is 1.65 bits per heavy atom. The maximum Gasteiger partial charge on any atom is 0.129 e. The molecule has 0 bridgehead atoms. The van der Waals surface area contributed by atoms with Crippen LogP contribution in [0, 0.1) is 11.6 Å². The molecule has 20 heavy (non-hydrogen) atoms. The number of benzene rings is 2. The highest BCUT2D eigenvalue weighted by atomic mass is 19.1. The van der Waals surface area contributed by atoms with Crippen molar-refractivity contribution in [1.29, 1.82) is 0 Å². The highest BCUT2D eigenvalue weighted by Crippen LogP contribution is 2.18. The number of hydrogen-bond donors (Lipinski definition) is 1. The molecular formula is C16H17F2NO. The lowest BCUT2D eigenvalue weighted by atomic mass is 10.1. The molecule has 2 nitrogen and oxygen atoms in total. The number of aryl methyl sites for hydroxylation is 1. The van der Waals surface area contributed by atoms with E-state index in [0.29, 0.717) is 0 Å². The van der Waals surface area contributed by atoms with Gasteiger partial charge in [-0.05, 0) is 17.5 Å². The molecule has 0 aliphatic carbocycles. The van der Waals surface area contributed by atoms with Crippen molar-refractivity contribution in [3.63, 3.8) is 0 Å². The molecule has 2 rings (SSSR count). The molecule has 0 radical (unpaired) electrons. The van der Waals surface area contributed by atoms with Gasteiger partial charge in [0.2, 0.25) is 0 Å². The zero-order valence-electron chi connectivity index (χ0n) is 11.3. The molecular weight excluding hydrogens is 260 g/mol. The van der Waals surface area contributed by atoms with E-state index in [9.17, 15) is 8.78 Å². The van der Waals surface area contributed by atoms with Gasteiger partial charge in [-0.2, -0.15) is 0 Å². The second kappa shape index (κ2) is 6.48. The van der Waals surface area contributed by atoms with Crippen molar-refractivity contribution >= 4 is 0 Å². The van der Waals surface area contributed by atoms with Crippen LogP contribution in [-0.4, -0.2) is 6.61 Å². The molecule has 0 aliphatic rings. The summed E-state index contributed by atoms with van der Waals surface area (Å²) in [6.45, 7) is 2.24. The van der Waals surface area contributed by atoms with Gasteiger partial charge < -0.3 is 10.5 Å². The average Bonchev–Trinajstić information content (AvgIpc) is 2.44. The van der Waals surface area contributed by atoms with Crippen LogP contribution >= 0.6 is 0 Å². The van der Waals surface area contributed by atoms with Gasteiger partial charge in [-0.1, -0.05) is 31.2 Å². The third-order valence-electron chi connectivity index (χ3n) is 3.08. The van der Waals surface area contributed by atoms with E-state index in [2.05, 4.69) is 6.92 Å². The van der Waals surface area contributed by atoms with Crippen LogP contribution in [0.15, 0.2) is 42.5 Å². The van der Waals surface area contributed by atoms with E-state index in [1.807, 2.05) is 24.3 Å². The van der Waals surface area contributed by atoms with Gasteiger partial charge in [0.25, 0.3) is 0 Å². The predicted molar refractivity (Wildman–Crippen MR) is 74.6 cm³/mol. The Hall–Kier alpha value is -1.94. The lowest BCUT2D eigenvalue weighted by Gasteiger charge is -2.14. The fourth-order valence-electron chi connectivity index (χ4n) is 1.89. The zero-order chi connectivity index (χ0) is 14.5. The van der Waals surface area contributed by atoms with Crippen molar-refractivity contribution in [2.75, 3.05) is 6.61 Å². The first kappa shape index (κ1) is 14.5. The predicted octanol–water partition coefficient (Wildman–Crippen LogP) is 3.61. The number of nitrogens with two attached hydrogens (primary N) is 1. The van der Waals surface area contributed by atoms with Gasteiger partial charge in [0.05, 0.1) is 6.04 Å². The quantitative estimate of drug-likeness (QED) is 0.906. The molecule has 1 atom stereocenters. The Bertz CT molecular complexity index is 549. The van der Waals surface area contributed by atoms with E-state index in [-0.39, 0.29) is 18.4 Å². The van der Waals surface area contributed by atoms with Gasteiger partial charge in [-0.15, -0.1) is 0 Å². The molecule has 1 unspecified atom stereocenters. The summed E-state index contributed by atoms with van der Waals surface area (Å²) in [6.07, 6.45) is 0.967. The van der Waals surface area contributed by atoms with Crippen molar-refractivity contribution in [3.8, 4) is 5.75 Å². The normalized spacial score (nSPS) is 12.2. The standard InChI is InChI=1S/C16H17F2NO/c1-2-11-3-5-12(6-4-11)16(19)10-20-15-8-13(17)7-14(18)9-15/h3-9,16H,2,10,19H2,1H3. The number of rotatable bonds is 5. The zero-order valence-corrected chi connectivity index (χ0v) is 11.3. The van der Waals surface area contributed by atoms with E-state index in [1.165, 1.54) is 5.56 Å². The molecule has 0 aromatic heterocycles. The molecule has 2 N–H and O–H groups in total. The third-order valence-corrected chi connectivity index (χ3v) is 3.08.